The Labute approximate surface area is 127 Å². The molecule has 2 N–H and O–H groups in total. The summed E-state index contributed by atoms with van der Waals surface area (Å²) in [6.45, 7) is 1.70. The molecule has 2 atom stereocenters. The van der Waals surface area contributed by atoms with Crippen LogP contribution in [-0.4, -0.2) is 22.2 Å². The van der Waals surface area contributed by atoms with Gasteiger partial charge in [-0.2, -0.15) is 4.39 Å². The summed E-state index contributed by atoms with van der Waals surface area (Å²) < 4.78 is 13.6. The van der Waals surface area contributed by atoms with Crippen LogP contribution >= 0.6 is 0 Å². The number of rotatable bonds is 6. The number of nitro groups is 1. The van der Waals surface area contributed by atoms with Crippen LogP contribution in [0.2, 0.25) is 0 Å². The Morgan fingerprint density at radius 2 is 1.91 bits per heavy atom. The van der Waals surface area contributed by atoms with Crippen LogP contribution in [0.25, 0.3) is 0 Å². The lowest BCUT2D eigenvalue weighted by molar-refractivity contribution is -0.386. The molecule has 0 aromatic heterocycles. The molecule has 0 heterocycles. The maximum absolute atomic E-state index is 13.6. The second-order valence-corrected chi connectivity index (χ2v) is 5.08. The van der Waals surface area contributed by atoms with Gasteiger partial charge >= 0.3 is 5.69 Å². The molecule has 0 aliphatic rings. The fourth-order valence-corrected chi connectivity index (χ4v) is 2.19. The number of benzene rings is 2. The lowest BCUT2D eigenvalue weighted by atomic mass is 10.0. The van der Waals surface area contributed by atoms with Gasteiger partial charge < -0.3 is 10.4 Å². The molecule has 0 aliphatic carbocycles. The van der Waals surface area contributed by atoms with Crippen molar-refractivity contribution < 1.29 is 14.4 Å². The molecule has 0 saturated carbocycles. The van der Waals surface area contributed by atoms with Crippen molar-refractivity contribution in [3.05, 3.63) is 70.0 Å². The van der Waals surface area contributed by atoms with Gasteiger partial charge in [0, 0.05) is 12.5 Å². The molecule has 116 valence electrons. The molecule has 5 nitrogen and oxygen atoms in total. The second kappa shape index (κ2) is 7.00. The van der Waals surface area contributed by atoms with Crippen molar-refractivity contribution in [3.8, 4) is 0 Å². The lowest BCUT2D eigenvalue weighted by Crippen LogP contribution is -2.32. The van der Waals surface area contributed by atoms with Crippen molar-refractivity contribution in [2.75, 3.05) is 5.32 Å². The Morgan fingerprint density at radius 1 is 1.23 bits per heavy atom. The zero-order valence-corrected chi connectivity index (χ0v) is 12.1. The number of aliphatic hydroxyl groups excluding tert-OH is 1. The van der Waals surface area contributed by atoms with Crippen LogP contribution < -0.4 is 5.32 Å². The summed E-state index contributed by atoms with van der Waals surface area (Å²) in [4.78, 5) is 10.2. The van der Waals surface area contributed by atoms with E-state index in [1.807, 2.05) is 30.3 Å². The summed E-state index contributed by atoms with van der Waals surface area (Å²) in [6.07, 6.45) is -0.358. The number of nitrogens with one attached hydrogen (secondary N) is 1. The maximum atomic E-state index is 13.6. The SMILES string of the molecule is CC(Nc1cccc(F)c1[N+](=O)[O-])C(O)Cc1ccccc1. The number of anilines is 1. The molecule has 22 heavy (non-hydrogen) atoms. The van der Waals surface area contributed by atoms with E-state index in [1.54, 1.807) is 6.92 Å². The van der Waals surface area contributed by atoms with Crippen LogP contribution in [0.3, 0.4) is 0 Å². The topological polar surface area (TPSA) is 75.4 Å². The van der Waals surface area contributed by atoms with Crippen LogP contribution in [0.4, 0.5) is 15.8 Å². The Hall–Kier alpha value is -2.47. The molecule has 0 amide bonds. The van der Waals surface area contributed by atoms with E-state index >= 15 is 0 Å². The van der Waals surface area contributed by atoms with Crippen molar-refractivity contribution in [1.82, 2.24) is 0 Å². The summed E-state index contributed by atoms with van der Waals surface area (Å²) >= 11 is 0. The van der Waals surface area contributed by atoms with E-state index < -0.39 is 28.6 Å². The molecule has 2 unspecified atom stereocenters. The number of nitrogens with zero attached hydrogens (tertiary/aromatic N) is 1. The van der Waals surface area contributed by atoms with Crippen molar-refractivity contribution in [3.63, 3.8) is 0 Å². The van der Waals surface area contributed by atoms with Gasteiger partial charge in [-0.25, -0.2) is 0 Å². The minimum Gasteiger partial charge on any atom is -0.391 e. The van der Waals surface area contributed by atoms with E-state index in [0.29, 0.717) is 6.42 Å². The smallest absolute Gasteiger partial charge is 0.327 e. The minimum atomic E-state index is -0.903. The lowest BCUT2D eigenvalue weighted by Gasteiger charge is -2.21. The van der Waals surface area contributed by atoms with Crippen LogP contribution in [0.5, 0.6) is 0 Å². The van der Waals surface area contributed by atoms with Gasteiger partial charge in [-0.1, -0.05) is 36.4 Å². The predicted molar refractivity (Wildman–Crippen MR) is 82.3 cm³/mol. The molecular weight excluding hydrogens is 287 g/mol. The average Bonchev–Trinajstić information content (AvgIpc) is 2.47. The third-order valence-corrected chi connectivity index (χ3v) is 3.42. The monoisotopic (exact) mass is 304 g/mol. The van der Waals surface area contributed by atoms with E-state index in [2.05, 4.69) is 5.32 Å². The molecule has 2 aromatic rings. The average molecular weight is 304 g/mol. The van der Waals surface area contributed by atoms with Crippen molar-refractivity contribution >= 4 is 11.4 Å². The molecule has 0 radical (unpaired) electrons. The molecule has 0 aliphatic heterocycles. The first-order chi connectivity index (χ1) is 10.5. The van der Waals surface area contributed by atoms with Gasteiger partial charge in [-0.15, -0.1) is 0 Å². The Balaban J connectivity index is 2.10. The molecule has 2 aromatic carbocycles. The number of halogens is 1. The summed E-state index contributed by atoms with van der Waals surface area (Å²) in [5, 5.41) is 24.0. The minimum absolute atomic E-state index is 0.0598. The number of hydrogen-bond acceptors (Lipinski definition) is 4. The fraction of sp³-hybridized carbons (Fsp3) is 0.250. The standard InChI is InChI=1S/C16H17FN2O3/c1-11(15(20)10-12-6-3-2-4-7-12)18-14-9-5-8-13(17)16(14)19(21)22/h2-9,11,15,18,20H,10H2,1H3. The highest BCUT2D eigenvalue weighted by Gasteiger charge is 2.23. The van der Waals surface area contributed by atoms with E-state index in [4.69, 9.17) is 0 Å². The summed E-state index contributed by atoms with van der Waals surface area (Å²) in [5.41, 5.74) is 0.406. The van der Waals surface area contributed by atoms with Gasteiger partial charge in [0.25, 0.3) is 0 Å². The van der Waals surface area contributed by atoms with Crippen LogP contribution in [-0.2, 0) is 6.42 Å². The van der Waals surface area contributed by atoms with Gasteiger partial charge in [0.1, 0.15) is 5.69 Å². The first-order valence-corrected chi connectivity index (χ1v) is 6.90. The van der Waals surface area contributed by atoms with Crippen LogP contribution in [0, 0.1) is 15.9 Å². The summed E-state index contributed by atoms with van der Waals surface area (Å²) in [5.74, 6) is -0.903. The van der Waals surface area contributed by atoms with Gasteiger partial charge in [-0.3, -0.25) is 10.1 Å². The highest BCUT2D eigenvalue weighted by Crippen LogP contribution is 2.28. The molecule has 6 heteroatoms. The van der Waals surface area contributed by atoms with Gasteiger partial charge in [0.15, 0.2) is 0 Å². The summed E-state index contributed by atoms with van der Waals surface area (Å²) in [7, 11) is 0. The Bertz CT molecular complexity index is 649. The van der Waals surface area contributed by atoms with E-state index in [0.717, 1.165) is 11.6 Å². The first kappa shape index (κ1) is 15.9. The van der Waals surface area contributed by atoms with Crippen LogP contribution in [0.1, 0.15) is 12.5 Å². The Morgan fingerprint density at radius 3 is 2.55 bits per heavy atom. The third-order valence-electron chi connectivity index (χ3n) is 3.42. The summed E-state index contributed by atoms with van der Waals surface area (Å²) in [6, 6.07) is 12.8. The highest BCUT2D eigenvalue weighted by molar-refractivity contribution is 5.62. The van der Waals surface area contributed by atoms with Crippen molar-refractivity contribution in [2.24, 2.45) is 0 Å². The van der Waals surface area contributed by atoms with Crippen LogP contribution in [0.15, 0.2) is 48.5 Å². The van der Waals surface area contributed by atoms with E-state index in [9.17, 15) is 19.6 Å². The predicted octanol–water partition coefficient (Wildman–Crippen LogP) is 3.14. The van der Waals surface area contributed by atoms with E-state index in [-0.39, 0.29) is 5.69 Å². The van der Waals surface area contributed by atoms with Gasteiger partial charge in [-0.05, 0) is 24.6 Å². The number of nitro benzene ring substituents is 1. The molecule has 0 fully saturated rings. The molecule has 0 spiro atoms. The maximum Gasteiger partial charge on any atom is 0.327 e. The highest BCUT2D eigenvalue weighted by atomic mass is 19.1. The number of hydrogen-bond donors (Lipinski definition) is 2. The third kappa shape index (κ3) is 3.79. The Kier molecular flexibility index (Phi) is 5.06. The quantitative estimate of drug-likeness (QED) is 0.635. The van der Waals surface area contributed by atoms with Gasteiger partial charge in [0.05, 0.1) is 11.0 Å². The normalized spacial score (nSPS) is 13.4. The number of aliphatic hydroxyl groups is 1. The zero-order valence-electron chi connectivity index (χ0n) is 12.1. The van der Waals surface area contributed by atoms with E-state index in [1.165, 1.54) is 12.1 Å². The molecule has 0 bridgehead atoms. The fourth-order valence-electron chi connectivity index (χ4n) is 2.19. The molecule has 0 saturated heterocycles. The molecule has 2 rings (SSSR count). The second-order valence-electron chi connectivity index (χ2n) is 5.08. The van der Waals surface area contributed by atoms with Gasteiger partial charge in [0.2, 0.25) is 5.82 Å². The zero-order chi connectivity index (χ0) is 16.1. The largest absolute Gasteiger partial charge is 0.391 e. The van der Waals surface area contributed by atoms with Crippen molar-refractivity contribution in [2.45, 2.75) is 25.5 Å². The first-order valence-electron chi connectivity index (χ1n) is 6.90. The number of para-hydroxylation sites is 1. The van der Waals surface area contributed by atoms with Crippen molar-refractivity contribution in [1.29, 1.82) is 0 Å². The molecular formula is C16H17FN2O3.